The third-order valence-electron chi connectivity index (χ3n) is 13.9. The first-order chi connectivity index (χ1) is 31.1. The fourth-order valence-corrected chi connectivity index (χ4v) is 10.9. The smallest absolute Gasteiger partial charge is 0.0731 e. The number of anilines is 2. The van der Waals surface area contributed by atoms with Gasteiger partial charge in [-0.15, -0.1) is 0 Å². The van der Waals surface area contributed by atoms with E-state index in [4.69, 9.17) is 0 Å². The molecule has 1 heteroatoms. The van der Waals surface area contributed by atoms with E-state index in [1.54, 1.807) is 0 Å². The molecule has 1 nitrogen and oxygen atoms in total. The molecule has 3 aliphatic carbocycles. The third kappa shape index (κ3) is 5.84. The Morgan fingerprint density at radius 2 is 0.825 bits per heavy atom. The van der Waals surface area contributed by atoms with Gasteiger partial charge in [0.1, 0.15) is 0 Å². The first kappa shape index (κ1) is 37.1. The van der Waals surface area contributed by atoms with Crippen LogP contribution in [0.2, 0.25) is 0 Å². The maximum atomic E-state index is 2.42. The largest absolute Gasteiger partial charge is 0.311 e. The zero-order valence-corrected chi connectivity index (χ0v) is 35.2. The molecule has 0 aliphatic heterocycles. The second-order valence-electron chi connectivity index (χ2n) is 17.4. The molecule has 0 radical (unpaired) electrons. The summed E-state index contributed by atoms with van der Waals surface area (Å²) >= 11 is 0. The van der Waals surface area contributed by atoms with Gasteiger partial charge in [-0.3, -0.25) is 0 Å². The fraction of sp³-hybridized carbons (Fsp3) is 0.0645. The first-order valence-corrected chi connectivity index (χ1v) is 22.1. The number of rotatable bonds is 7. The lowest BCUT2D eigenvalue weighted by Gasteiger charge is -2.33. The summed E-state index contributed by atoms with van der Waals surface area (Å²) in [7, 11) is 0. The number of allylic oxidation sites excluding steroid dienone is 3. The minimum absolute atomic E-state index is 0.0717. The fourth-order valence-electron chi connectivity index (χ4n) is 10.9. The van der Waals surface area contributed by atoms with Crippen LogP contribution in [0.5, 0.6) is 0 Å². The van der Waals surface area contributed by atoms with E-state index in [1.807, 2.05) is 0 Å². The topological polar surface area (TPSA) is 3.24 Å². The predicted octanol–water partition coefficient (Wildman–Crippen LogP) is 16.0. The lowest BCUT2D eigenvalue weighted by Crippen LogP contribution is -2.26. The molecule has 0 N–H and O–H groups in total. The van der Waals surface area contributed by atoms with Gasteiger partial charge in [0, 0.05) is 22.5 Å². The van der Waals surface area contributed by atoms with Crippen molar-refractivity contribution in [3.8, 4) is 55.6 Å². The summed E-state index contributed by atoms with van der Waals surface area (Å²) < 4.78 is 0. The second kappa shape index (κ2) is 14.7. The Hall–Kier alpha value is -7.74. The van der Waals surface area contributed by atoms with Crippen LogP contribution in [0, 0.1) is 0 Å². The maximum absolute atomic E-state index is 2.42. The average molecular weight is 804 g/mol. The van der Waals surface area contributed by atoms with Gasteiger partial charge >= 0.3 is 0 Å². The van der Waals surface area contributed by atoms with E-state index in [1.165, 1.54) is 89.1 Å². The highest BCUT2D eigenvalue weighted by atomic mass is 15.1. The van der Waals surface area contributed by atoms with Gasteiger partial charge in [0.05, 0.1) is 5.41 Å². The number of hydrogen-bond donors (Lipinski definition) is 0. The lowest BCUT2D eigenvalue weighted by atomic mass is 9.68. The molecule has 9 aromatic carbocycles. The van der Waals surface area contributed by atoms with Crippen LogP contribution in [0.15, 0.2) is 248 Å². The lowest BCUT2D eigenvalue weighted by molar-refractivity contribution is 0.595. The summed E-state index contributed by atoms with van der Waals surface area (Å²) in [5.41, 5.74) is 22.3. The molecule has 1 spiro atoms. The molecule has 3 aliphatic rings. The molecule has 0 saturated heterocycles. The Morgan fingerprint density at radius 1 is 0.381 bits per heavy atom. The predicted molar refractivity (Wildman–Crippen MR) is 263 cm³/mol. The molecule has 1 unspecified atom stereocenters. The molecule has 1 atom stereocenters. The number of benzene rings is 9. The molecule has 0 bridgehead atoms. The normalized spacial score (nSPS) is 16.2. The van der Waals surface area contributed by atoms with E-state index >= 15 is 0 Å². The van der Waals surface area contributed by atoms with E-state index < -0.39 is 5.41 Å². The first-order valence-electron chi connectivity index (χ1n) is 22.1. The SMILES string of the molecule is CC1(c2ccccc2)C=CC(N(c2cccc(-c3ccccc3)c2)c2cccc(-c3ccc(-c4cccc5c4C4(c6ccccc6-c6ccccc64)c4ccccc4-5)cc3)c2)=CC1. The van der Waals surface area contributed by atoms with E-state index in [9.17, 15) is 0 Å². The molecule has 298 valence electrons. The van der Waals surface area contributed by atoms with Crippen LogP contribution in [-0.2, 0) is 10.8 Å². The van der Waals surface area contributed by atoms with E-state index in [-0.39, 0.29) is 5.41 Å². The van der Waals surface area contributed by atoms with E-state index in [0.717, 1.165) is 17.8 Å². The van der Waals surface area contributed by atoms with Gasteiger partial charge in [0.15, 0.2) is 0 Å². The highest BCUT2D eigenvalue weighted by Crippen LogP contribution is 2.64. The molecule has 0 saturated carbocycles. The quantitative estimate of drug-likeness (QED) is 0.155. The Morgan fingerprint density at radius 3 is 1.40 bits per heavy atom. The standard InChI is InChI=1S/C62H45N/c1-61(48-21-6-3-7-22-48)39-37-49(38-40-61)63(50-23-14-19-46(41-50)43-17-4-2-5-18-43)51-24-15-20-47(42-51)44-33-35-45(36-34-44)52-28-16-29-56-55-27-10-13-32-59(55)62(60(52)56)57-30-11-8-25-53(57)54-26-9-12-31-58(54)62/h2-39,41-42H,40H2,1H3. The highest BCUT2D eigenvalue weighted by Gasteiger charge is 2.52. The van der Waals surface area contributed by atoms with Gasteiger partial charge in [-0.2, -0.15) is 0 Å². The third-order valence-corrected chi connectivity index (χ3v) is 13.9. The van der Waals surface area contributed by atoms with Crippen molar-refractivity contribution in [2.45, 2.75) is 24.2 Å². The van der Waals surface area contributed by atoms with Crippen molar-refractivity contribution in [1.82, 2.24) is 0 Å². The minimum Gasteiger partial charge on any atom is -0.311 e. The molecular formula is C62H45N. The van der Waals surface area contributed by atoms with Crippen LogP contribution < -0.4 is 4.90 Å². The van der Waals surface area contributed by atoms with Crippen LogP contribution in [0.3, 0.4) is 0 Å². The second-order valence-corrected chi connectivity index (χ2v) is 17.4. The zero-order valence-electron chi connectivity index (χ0n) is 35.2. The van der Waals surface area contributed by atoms with Crippen LogP contribution in [0.4, 0.5) is 11.4 Å². The summed E-state index contributed by atoms with van der Waals surface area (Å²) in [5, 5.41) is 0. The van der Waals surface area contributed by atoms with Gasteiger partial charge in [-0.25, -0.2) is 0 Å². The molecule has 9 aromatic rings. The highest BCUT2D eigenvalue weighted by molar-refractivity contribution is 5.98. The summed E-state index contributed by atoms with van der Waals surface area (Å²) in [6.07, 6.45) is 8.03. The maximum Gasteiger partial charge on any atom is 0.0731 e. The number of nitrogens with zero attached hydrogens (tertiary/aromatic N) is 1. The Balaban J connectivity index is 0.947. The van der Waals surface area contributed by atoms with Crippen molar-refractivity contribution in [3.05, 3.63) is 276 Å². The average Bonchev–Trinajstić information content (AvgIpc) is 3.83. The van der Waals surface area contributed by atoms with Crippen molar-refractivity contribution in [3.63, 3.8) is 0 Å². The molecule has 0 amide bonds. The van der Waals surface area contributed by atoms with Crippen LogP contribution in [0.1, 0.15) is 41.2 Å². The van der Waals surface area contributed by atoms with Gasteiger partial charge in [-0.1, -0.05) is 219 Å². The van der Waals surface area contributed by atoms with Crippen molar-refractivity contribution < 1.29 is 0 Å². The molecule has 12 rings (SSSR count). The molecular weight excluding hydrogens is 759 g/mol. The summed E-state index contributed by atoms with van der Waals surface area (Å²) in [6.45, 7) is 2.34. The molecule has 0 heterocycles. The van der Waals surface area contributed by atoms with Crippen molar-refractivity contribution >= 4 is 11.4 Å². The Bertz CT molecular complexity index is 3200. The monoisotopic (exact) mass is 803 g/mol. The van der Waals surface area contributed by atoms with Gasteiger partial charge in [0.2, 0.25) is 0 Å². The minimum atomic E-state index is -0.398. The Kier molecular flexibility index (Phi) is 8.66. The van der Waals surface area contributed by atoms with Gasteiger partial charge in [0.25, 0.3) is 0 Å². The van der Waals surface area contributed by atoms with E-state index in [2.05, 4.69) is 255 Å². The number of fused-ring (bicyclic) bond motifs is 10. The van der Waals surface area contributed by atoms with E-state index in [0.29, 0.717) is 0 Å². The van der Waals surface area contributed by atoms with Crippen LogP contribution >= 0.6 is 0 Å². The summed E-state index contributed by atoms with van der Waals surface area (Å²) in [4.78, 5) is 2.42. The van der Waals surface area contributed by atoms with Gasteiger partial charge < -0.3 is 4.90 Å². The molecule has 0 aromatic heterocycles. The number of hydrogen-bond acceptors (Lipinski definition) is 1. The van der Waals surface area contributed by atoms with Crippen molar-refractivity contribution in [2.24, 2.45) is 0 Å². The zero-order chi connectivity index (χ0) is 42.0. The summed E-state index contributed by atoms with van der Waals surface area (Å²) in [5.74, 6) is 0. The molecule has 0 fully saturated rings. The van der Waals surface area contributed by atoms with Crippen molar-refractivity contribution in [1.29, 1.82) is 0 Å². The van der Waals surface area contributed by atoms with Crippen LogP contribution in [-0.4, -0.2) is 0 Å². The van der Waals surface area contributed by atoms with Crippen molar-refractivity contribution in [2.75, 3.05) is 4.90 Å². The van der Waals surface area contributed by atoms with Crippen LogP contribution in [0.25, 0.3) is 55.6 Å². The summed E-state index contributed by atoms with van der Waals surface area (Å²) in [6, 6.07) is 82.9. The van der Waals surface area contributed by atoms with Gasteiger partial charge in [-0.05, 0) is 120 Å². The Labute approximate surface area is 370 Å². The molecule has 63 heavy (non-hydrogen) atoms.